The predicted molar refractivity (Wildman–Crippen MR) is 326 cm³/mol. The number of anilines is 3. The number of nitrogens with zero attached hydrogens (tertiary/aromatic N) is 2. The molecule has 4 heteroatoms. The number of nitrogens with two attached hydrogens (primary N) is 1. The quantitative estimate of drug-likeness (QED) is 0.142. The zero-order valence-corrected chi connectivity index (χ0v) is 43.9. The molecule has 4 nitrogen and oxygen atoms in total. The molecule has 372 valence electrons. The zero-order chi connectivity index (χ0) is 52.0. The summed E-state index contributed by atoms with van der Waals surface area (Å²) in [5.41, 5.74) is 29.2. The van der Waals surface area contributed by atoms with Gasteiger partial charge in [0, 0.05) is 55.9 Å². The second-order valence-corrected chi connectivity index (χ2v) is 20.0. The molecule has 10 aromatic carbocycles. The van der Waals surface area contributed by atoms with Gasteiger partial charge in [0.1, 0.15) is 0 Å². The molecule has 0 spiro atoms. The Morgan fingerprint density at radius 3 is 1.83 bits per heavy atom. The van der Waals surface area contributed by atoms with Crippen LogP contribution in [-0.4, -0.2) is 9.13 Å². The van der Waals surface area contributed by atoms with Gasteiger partial charge in [0.25, 0.3) is 0 Å². The minimum atomic E-state index is 0.616. The molecule has 0 amide bonds. The molecule has 0 aliphatic heterocycles. The highest BCUT2D eigenvalue weighted by Gasteiger charge is 2.20. The monoisotopic (exact) mass is 985 g/mol. The summed E-state index contributed by atoms with van der Waals surface area (Å²) >= 11 is 0. The van der Waals surface area contributed by atoms with Gasteiger partial charge in [0.2, 0.25) is 0 Å². The molecule has 1 aliphatic carbocycles. The van der Waals surface area contributed by atoms with Crippen LogP contribution in [0.5, 0.6) is 0 Å². The minimum Gasteiger partial charge on any atom is -0.399 e. The fourth-order valence-corrected chi connectivity index (χ4v) is 11.1. The molecule has 0 bridgehead atoms. The first-order valence-electron chi connectivity index (χ1n) is 26.7. The third-order valence-electron chi connectivity index (χ3n) is 14.9. The number of aryl methyl sites for hydroxylation is 3. The summed E-state index contributed by atoms with van der Waals surface area (Å²) in [5, 5.41) is 7.39. The Morgan fingerprint density at radius 2 is 1.09 bits per heavy atom. The lowest BCUT2D eigenvalue weighted by atomic mass is 9.89. The summed E-state index contributed by atoms with van der Waals surface area (Å²) in [4.78, 5) is 0. The van der Waals surface area contributed by atoms with Crippen LogP contribution in [0.15, 0.2) is 249 Å². The van der Waals surface area contributed by atoms with Crippen molar-refractivity contribution in [2.75, 3.05) is 11.1 Å². The molecule has 0 radical (unpaired) electrons. The maximum absolute atomic E-state index is 5.92. The van der Waals surface area contributed by atoms with E-state index in [9.17, 15) is 0 Å². The molecule has 2 heterocycles. The highest BCUT2D eigenvalue weighted by Crippen LogP contribution is 2.39. The molecule has 12 aromatic rings. The normalized spacial score (nSPS) is 12.1. The summed E-state index contributed by atoms with van der Waals surface area (Å²) in [7, 11) is 0. The van der Waals surface area contributed by atoms with Gasteiger partial charge < -0.3 is 20.2 Å². The van der Waals surface area contributed by atoms with Gasteiger partial charge >= 0.3 is 0 Å². The molecule has 1 aliphatic rings. The number of para-hydroxylation sites is 3. The smallest absolute Gasteiger partial charge is 0.0541 e. The van der Waals surface area contributed by atoms with Crippen LogP contribution in [0.3, 0.4) is 0 Å². The molecular weight excluding hydrogens is 921 g/mol. The third kappa shape index (κ3) is 10.1. The maximum atomic E-state index is 5.92. The first kappa shape index (κ1) is 49.1. The minimum absolute atomic E-state index is 0.616. The van der Waals surface area contributed by atoms with Crippen molar-refractivity contribution < 1.29 is 0 Å². The van der Waals surface area contributed by atoms with E-state index in [1.165, 1.54) is 106 Å². The van der Waals surface area contributed by atoms with Crippen molar-refractivity contribution in [3.63, 3.8) is 0 Å². The second-order valence-electron chi connectivity index (χ2n) is 20.0. The summed E-state index contributed by atoms with van der Waals surface area (Å²) in [6, 6.07) is 86.2. The number of hydrogen-bond acceptors (Lipinski definition) is 2. The van der Waals surface area contributed by atoms with Crippen molar-refractivity contribution in [3.8, 4) is 44.8 Å². The molecule has 0 saturated carbocycles. The lowest BCUT2D eigenvalue weighted by Crippen LogP contribution is -2.02. The first-order chi connectivity index (χ1) is 37.3. The van der Waals surface area contributed by atoms with Crippen LogP contribution in [0.4, 0.5) is 17.1 Å². The van der Waals surface area contributed by atoms with Crippen LogP contribution in [0, 0.1) is 13.8 Å². The SMILES string of the molecule is C1=Cc2c(c3ccccc3n2-c2cccc(-n3c4ccccc4c4cc(-c5ccccc5)ccc43)c2)CC1.CCC(C)c1ccccc1-c1ccccc1C.Cc1cc(N)cc(Nc2ccccc2-c2ccccc2)c1. The predicted octanol–water partition coefficient (Wildman–Crippen LogP) is 19.5. The van der Waals surface area contributed by atoms with E-state index in [2.05, 4.69) is 266 Å². The number of hydrogen-bond donors (Lipinski definition) is 2. The number of benzene rings is 10. The fraction of sp³-hybridized carbons (Fsp3) is 0.111. The highest BCUT2D eigenvalue weighted by molar-refractivity contribution is 6.10. The van der Waals surface area contributed by atoms with Gasteiger partial charge in [-0.25, -0.2) is 0 Å². The number of fused-ring (bicyclic) bond motifs is 6. The van der Waals surface area contributed by atoms with E-state index >= 15 is 0 Å². The largest absolute Gasteiger partial charge is 0.399 e. The summed E-state index contributed by atoms with van der Waals surface area (Å²) < 4.78 is 4.85. The van der Waals surface area contributed by atoms with Gasteiger partial charge in [-0.2, -0.15) is 0 Å². The Bertz CT molecular complexity index is 3990. The number of aromatic nitrogens is 2. The number of allylic oxidation sites excluding steroid dienone is 1. The van der Waals surface area contributed by atoms with E-state index in [4.69, 9.17) is 5.73 Å². The lowest BCUT2D eigenvalue weighted by molar-refractivity contribution is 0.735. The number of rotatable bonds is 9. The van der Waals surface area contributed by atoms with Crippen molar-refractivity contribution in [1.29, 1.82) is 0 Å². The Morgan fingerprint density at radius 1 is 0.487 bits per heavy atom. The van der Waals surface area contributed by atoms with Crippen molar-refractivity contribution in [1.82, 2.24) is 9.13 Å². The Labute approximate surface area is 448 Å². The third-order valence-corrected chi connectivity index (χ3v) is 14.9. The van der Waals surface area contributed by atoms with Gasteiger partial charge in [-0.1, -0.05) is 196 Å². The number of nitrogens with one attached hydrogen (secondary N) is 1. The Kier molecular flexibility index (Phi) is 14.3. The number of nitrogen functional groups attached to an aromatic ring is 1. The van der Waals surface area contributed by atoms with E-state index in [-0.39, 0.29) is 0 Å². The maximum Gasteiger partial charge on any atom is 0.0541 e. The summed E-state index contributed by atoms with van der Waals surface area (Å²) in [5.74, 6) is 0.616. The van der Waals surface area contributed by atoms with Gasteiger partial charge in [-0.3, -0.25) is 0 Å². The topological polar surface area (TPSA) is 47.9 Å². The molecule has 13 rings (SSSR count). The van der Waals surface area contributed by atoms with Gasteiger partial charge in [-0.15, -0.1) is 0 Å². The molecule has 1 atom stereocenters. The van der Waals surface area contributed by atoms with Crippen LogP contribution in [0.2, 0.25) is 0 Å². The van der Waals surface area contributed by atoms with Crippen LogP contribution in [0.25, 0.3) is 83.5 Å². The van der Waals surface area contributed by atoms with Crippen molar-refractivity contribution in [2.45, 2.75) is 52.9 Å². The fourth-order valence-electron chi connectivity index (χ4n) is 11.1. The van der Waals surface area contributed by atoms with E-state index < -0.39 is 0 Å². The van der Waals surface area contributed by atoms with Gasteiger partial charge in [0.15, 0.2) is 0 Å². The van der Waals surface area contributed by atoms with Crippen LogP contribution >= 0.6 is 0 Å². The van der Waals surface area contributed by atoms with E-state index in [0.29, 0.717) is 5.92 Å². The van der Waals surface area contributed by atoms with Crippen LogP contribution in [0.1, 0.15) is 60.6 Å². The molecule has 3 N–H and O–H groups in total. The Hall–Kier alpha value is -9.12. The summed E-state index contributed by atoms with van der Waals surface area (Å²) in [6.45, 7) is 8.78. The Balaban J connectivity index is 0.000000137. The molecule has 0 fully saturated rings. The average Bonchev–Trinajstić information content (AvgIpc) is 3.99. The highest BCUT2D eigenvalue weighted by atomic mass is 15.0. The molecule has 0 saturated heterocycles. The van der Waals surface area contributed by atoms with Crippen molar-refractivity contribution >= 4 is 55.8 Å². The summed E-state index contributed by atoms with van der Waals surface area (Å²) in [6.07, 6.45) is 7.99. The average molecular weight is 985 g/mol. The molecular formula is C72H64N4. The van der Waals surface area contributed by atoms with E-state index in [1.54, 1.807) is 0 Å². The van der Waals surface area contributed by atoms with Gasteiger partial charge in [-0.05, 0) is 162 Å². The van der Waals surface area contributed by atoms with Gasteiger partial charge in [0.05, 0.1) is 16.6 Å². The van der Waals surface area contributed by atoms with Crippen molar-refractivity contribution in [2.24, 2.45) is 0 Å². The first-order valence-corrected chi connectivity index (χ1v) is 26.7. The molecule has 1 unspecified atom stereocenters. The second kappa shape index (κ2) is 22.2. The zero-order valence-electron chi connectivity index (χ0n) is 43.9. The van der Waals surface area contributed by atoms with Crippen LogP contribution < -0.4 is 11.1 Å². The van der Waals surface area contributed by atoms with Crippen LogP contribution in [-0.2, 0) is 6.42 Å². The van der Waals surface area contributed by atoms with E-state index in [0.717, 1.165) is 35.5 Å². The standard InChI is InChI=1S/C36H26N2.C19H18N2.C17H20/c1-2-11-25(12-3-1)26-21-22-36-32(23-26)31-17-6-9-20-35(31)38(36)28-14-10-13-27(24-28)37-33-18-7-4-15-29(33)30-16-5-8-19-34(30)37;1-14-11-16(20)13-17(12-14)21-19-10-6-5-9-18(19)15-7-3-2-4-8-15;1-4-13(2)15-10-7-8-12-17(15)16-11-6-5-9-14(16)3/h1-4,6-15,17-24H,5,16H2;2-13,21H,20H2,1H3;5-13H,4H2,1-3H3. The molecule has 2 aromatic heterocycles. The van der Waals surface area contributed by atoms with E-state index in [1.807, 2.05) is 31.2 Å². The molecule has 76 heavy (non-hydrogen) atoms. The van der Waals surface area contributed by atoms with Crippen molar-refractivity contribution in [3.05, 3.63) is 277 Å². The lowest BCUT2D eigenvalue weighted by Gasteiger charge is -2.16.